The number of fused-ring (bicyclic) bond motifs is 1. The van der Waals surface area contributed by atoms with Crippen LogP contribution in [0.25, 0.3) is 16.6 Å². The Morgan fingerprint density at radius 2 is 1.77 bits per heavy atom. The van der Waals surface area contributed by atoms with Gasteiger partial charge in [-0.05, 0) is 62.1 Å². The van der Waals surface area contributed by atoms with Crippen LogP contribution in [0.3, 0.4) is 0 Å². The highest BCUT2D eigenvalue weighted by atomic mass is 35.5. The van der Waals surface area contributed by atoms with E-state index in [1.165, 1.54) is 0 Å². The molecule has 0 aliphatic heterocycles. The van der Waals surface area contributed by atoms with Gasteiger partial charge in [-0.3, -0.25) is 14.2 Å². The maximum absolute atomic E-state index is 13.9. The van der Waals surface area contributed by atoms with Gasteiger partial charge < -0.3 is 4.90 Å². The first-order valence-electron chi connectivity index (χ1n) is 13.0. The van der Waals surface area contributed by atoms with Crippen LogP contribution in [-0.4, -0.2) is 26.9 Å². The molecule has 1 aromatic heterocycles. The van der Waals surface area contributed by atoms with Crippen molar-refractivity contribution in [1.82, 2.24) is 14.5 Å². The summed E-state index contributed by atoms with van der Waals surface area (Å²) in [6, 6.07) is 12.7. The molecule has 0 bridgehead atoms. The predicted octanol–water partition coefficient (Wildman–Crippen LogP) is 7.40. The second kappa shape index (κ2) is 12.9. The maximum atomic E-state index is 13.9. The number of hydrogen-bond donors (Lipinski definition) is 0. The molecule has 1 amide bonds. The lowest BCUT2D eigenvalue weighted by Crippen LogP contribution is -2.39. The summed E-state index contributed by atoms with van der Waals surface area (Å²) in [4.78, 5) is 34.3. The van der Waals surface area contributed by atoms with Crippen molar-refractivity contribution in [1.29, 1.82) is 0 Å². The fourth-order valence-electron chi connectivity index (χ4n) is 4.65. The third kappa shape index (κ3) is 6.32. The Morgan fingerprint density at radius 1 is 1.03 bits per heavy atom. The molecule has 0 aliphatic carbocycles. The van der Waals surface area contributed by atoms with Crippen molar-refractivity contribution in [3.8, 4) is 5.69 Å². The second-order valence-corrected chi connectivity index (χ2v) is 9.67. The maximum Gasteiger partial charge on any atom is 0.266 e. The van der Waals surface area contributed by atoms with Crippen LogP contribution in [0.5, 0.6) is 0 Å². The zero-order valence-electron chi connectivity index (χ0n) is 21.5. The number of hydrogen-bond acceptors (Lipinski definition) is 3. The van der Waals surface area contributed by atoms with E-state index < -0.39 is 0 Å². The van der Waals surface area contributed by atoms with Crippen LogP contribution >= 0.6 is 11.6 Å². The lowest BCUT2D eigenvalue weighted by Gasteiger charge is -2.33. The van der Waals surface area contributed by atoms with Crippen molar-refractivity contribution in [3.05, 3.63) is 69.2 Å². The van der Waals surface area contributed by atoms with Crippen LogP contribution in [0.1, 0.15) is 89.6 Å². The molecule has 35 heavy (non-hydrogen) atoms. The van der Waals surface area contributed by atoms with E-state index in [1.54, 1.807) is 10.6 Å². The molecule has 0 radical (unpaired) electrons. The van der Waals surface area contributed by atoms with Gasteiger partial charge in [0.15, 0.2) is 0 Å². The number of rotatable bonds is 12. The van der Waals surface area contributed by atoms with Crippen molar-refractivity contribution < 1.29 is 4.79 Å². The van der Waals surface area contributed by atoms with Gasteiger partial charge in [-0.2, -0.15) is 0 Å². The monoisotopic (exact) mass is 495 g/mol. The number of aryl methyl sites for hydroxylation is 1. The molecule has 1 atom stereocenters. The highest BCUT2D eigenvalue weighted by Gasteiger charge is 2.29. The standard InChI is InChI=1S/C29H38ClN3O2/c1-5-8-10-13-19-32(27(34)16-9-6-2)25(7-3)28-31-24-15-12-11-14-23(24)29(35)33(28)26-18-17-22(30)20-21(26)4/h11-12,14-15,17-18,20,25H,5-10,13,16,19H2,1-4H3. The number of amides is 1. The van der Waals surface area contributed by atoms with Crippen molar-refractivity contribution in [3.63, 3.8) is 0 Å². The number of benzene rings is 2. The molecule has 3 rings (SSSR count). The quantitative estimate of drug-likeness (QED) is 0.246. The molecular formula is C29H38ClN3O2. The minimum absolute atomic E-state index is 0.124. The Bertz CT molecular complexity index is 1200. The molecule has 0 saturated carbocycles. The van der Waals surface area contributed by atoms with Gasteiger partial charge in [0.1, 0.15) is 5.82 Å². The summed E-state index contributed by atoms with van der Waals surface area (Å²) in [5.74, 6) is 0.749. The van der Waals surface area contributed by atoms with E-state index in [-0.39, 0.29) is 17.5 Å². The third-order valence-electron chi connectivity index (χ3n) is 6.58. The lowest BCUT2D eigenvalue weighted by atomic mass is 10.1. The van der Waals surface area contributed by atoms with Crippen molar-refractivity contribution in [2.45, 2.75) is 85.1 Å². The molecule has 188 valence electrons. The fourth-order valence-corrected chi connectivity index (χ4v) is 4.88. The first-order valence-corrected chi connectivity index (χ1v) is 13.4. The zero-order chi connectivity index (χ0) is 25.4. The zero-order valence-corrected chi connectivity index (χ0v) is 22.3. The van der Waals surface area contributed by atoms with Crippen LogP contribution in [0.15, 0.2) is 47.3 Å². The van der Waals surface area contributed by atoms with Crippen LogP contribution in [0, 0.1) is 6.92 Å². The first-order chi connectivity index (χ1) is 16.9. The van der Waals surface area contributed by atoms with Crippen LogP contribution in [0.2, 0.25) is 5.02 Å². The Labute approximate surface area is 214 Å². The molecule has 6 heteroatoms. The van der Waals surface area contributed by atoms with Gasteiger partial charge >= 0.3 is 0 Å². The SMILES string of the molecule is CCCCCCN(C(=O)CCCC)C(CC)c1nc2ccccc2c(=O)n1-c1ccc(Cl)cc1C. The van der Waals surface area contributed by atoms with E-state index in [4.69, 9.17) is 16.6 Å². The largest absolute Gasteiger partial charge is 0.333 e. The Kier molecular flexibility index (Phi) is 9.91. The van der Waals surface area contributed by atoms with E-state index in [0.29, 0.717) is 41.1 Å². The molecular weight excluding hydrogens is 458 g/mol. The molecule has 0 fully saturated rings. The van der Waals surface area contributed by atoms with E-state index >= 15 is 0 Å². The van der Waals surface area contributed by atoms with Crippen molar-refractivity contribution in [2.75, 3.05) is 6.54 Å². The first kappa shape index (κ1) is 26.9. The molecule has 0 N–H and O–H groups in total. The summed E-state index contributed by atoms with van der Waals surface area (Å²) < 4.78 is 1.70. The van der Waals surface area contributed by atoms with E-state index in [1.807, 2.05) is 48.2 Å². The number of nitrogens with zero attached hydrogens (tertiary/aromatic N) is 3. The summed E-state index contributed by atoms with van der Waals surface area (Å²) in [5.41, 5.74) is 2.17. The molecule has 3 aromatic rings. The van der Waals surface area contributed by atoms with Gasteiger partial charge in [0.05, 0.1) is 22.6 Å². The number of halogens is 1. The van der Waals surface area contributed by atoms with Gasteiger partial charge in [-0.25, -0.2) is 4.98 Å². The highest BCUT2D eigenvalue weighted by Crippen LogP contribution is 2.29. The minimum Gasteiger partial charge on any atom is -0.333 e. The average molecular weight is 496 g/mol. The van der Waals surface area contributed by atoms with Gasteiger partial charge in [0.25, 0.3) is 5.56 Å². The Hall–Kier alpha value is -2.66. The number of carbonyl (C=O) groups excluding carboxylic acids is 1. The molecule has 1 heterocycles. The lowest BCUT2D eigenvalue weighted by molar-refractivity contribution is -0.134. The topological polar surface area (TPSA) is 55.2 Å². The number of para-hydroxylation sites is 1. The Balaban J connectivity index is 2.20. The second-order valence-electron chi connectivity index (χ2n) is 9.23. The minimum atomic E-state index is -0.298. The summed E-state index contributed by atoms with van der Waals surface area (Å²) in [5, 5.41) is 1.18. The number of carbonyl (C=O) groups is 1. The highest BCUT2D eigenvalue weighted by molar-refractivity contribution is 6.30. The van der Waals surface area contributed by atoms with Crippen LogP contribution < -0.4 is 5.56 Å². The van der Waals surface area contributed by atoms with E-state index in [2.05, 4.69) is 20.8 Å². The molecule has 1 unspecified atom stereocenters. The average Bonchev–Trinajstić information content (AvgIpc) is 2.85. The van der Waals surface area contributed by atoms with Gasteiger partial charge in [-0.15, -0.1) is 0 Å². The molecule has 5 nitrogen and oxygen atoms in total. The predicted molar refractivity (Wildman–Crippen MR) is 145 cm³/mol. The van der Waals surface area contributed by atoms with E-state index in [9.17, 15) is 9.59 Å². The van der Waals surface area contributed by atoms with Crippen LogP contribution in [-0.2, 0) is 4.79 Å². The molecule has 0 spiro atoms. The normalized spacial score (nSPS) is 12.1. The van der Waals surface area contributed by atoms with Crippen molar-refractivity contribution >= 4 is 28.4 Å². The summed E-state index contributed by atoms with van der Waals surface area (Å²) in [6.45, 7) is 8.97. The summed E-state index contributed by atoms with van der Waals surface area (Å²) >= 11 is 6.24. The van der Waals surface area contributed by atoms with Gasteiger partial charge in [-0.1, -0.05) is 70.2 Å². The number of aromatic nitrogens is 2. The molecule has 2 aromatic carbocycles. The smallest absolute Gasteiger partial charge is 0.266 e. The van der Waals surface area contributed by atoms with Crippen LogP contribution in [0.4, 0.5) is 0 Å². The third-order valence-corrected chi connectivity index (χ3v) is 6.81. The van der Waals surface area contributed by atoms with E-state index in [0.717, 1.165) is 49.8 Å². The van der Waals surface area contributed by atoms with Gasteiger partial charge in [0.2, 0.25) is 5.91 Å². The fraction of sp³-hybridized carbons (Fsp3) is 0.483. The Morgan fingerprint density at radius 3 is 2.46 bits per heavy atom. The number of unbranched alkanes of at least 4 members (excludes halogenated alkanes) is 4. The molecule has 0 aliphatic rings. The summed E-state index contributed by atoms with van der Waals surface area (Å²) in [7, 11) is 0. The van der Waals surface area contributed by atoms with Crippen molar-refractivity contribution in [2.24, 2.45) is 0 Å². The summed E-state index contributed by atoms with van der Waals surface area (Å²) in [6.07, 6.45) is 7.32. The molecule has 0 saturated heterocycles. The van der Waals surface area contributed by atoms with Gasteiger partial charge in [0, 0.05) is 18.0 Å².